The summed E-state index contributed by atoms with van der Waals surface area (Å²) >= 11 is 0. The number of ether oxygens (including phenoxy) is 1. The molecule has 1 saturated heterocycles. The Morgan fingerprint density at radius 3 is 2.32 bits per heavy atom. The van der Waals surface area contributed by atoms with Crippen LogP contribution in [-0.4, -0.2) is 35.9 Å². The van der Waals surface area contributed by atoms with Crippen LogP contribution in [0.4, 0.5) is 5.69 Å². The molecule has 0 aromatic heterocycles. The number of para-hydroxylation sites is 2. The van der Waals surface area contributed by atoms with E-state index in [1.807, 2.05) is 41.3 Å². The second-order valence-electron chi connectivity index (χ2n) is 8.35. The number of hydrogen-bond donors (Lipinski definition) is 1. The van der Waals surface area contributed by atoms with Crippen molar-refractivity contribution < 1.29 is 14.3 Å². The highest BCUT2D eigenvalue weighted by Crippen LogP contribution is 2.29. The van der Waals surface area contributed by atoms with Gasteiger partial charge in [0, 0.05) is 13.1 Å². The molecule has 5 heteroatoms. The number of anilines is 1. The maximum atomic E-state index is 13.1. The number of benzene rings is 2. The van der Waals surface area contributed by atoms with E-state index in [-0.39, 0.29) is 11.8 Å². The molecule has 166 valence electrons. The van der Waals surface area contributed by atoms with Crippen molar-refractivity contribution >= 4 is 17.5 Å². The fraction of sp³-hybridized carbons (Fsp3) is 0.462. The van der Waals surface area contributed by atoms with Crippen molar-refractivity contribution in [2.45, 2.75) is 64.9 Å². The molecule has 5 nitrogen and oxygen atoms in total. The smallest absolute Gasteiger partial charge is 0.265 e. The van der Waals surface area contributed by atoms with Crippen molar-refractivity contribution in [2.24, 2.45) is 0 Å². The molecule has 0 aliphatic carbocycles. The zero-order valence-electron chi connectivity index (χ0n) is 18.9. The Bertz CT molecular complexity index is 888. The topological polar surface area (TPSA) is 58.6 Å². The molecule has 0 spiro atoms. The Kier molecular flexibility index (Phi) is 8.10. The maximum Gasteiger partial charge on any atom is 0.265 e. The van der Waals surface area contributed by atoms with Crippen molar-refractivity contribution in [3.63, 3.8) is 0 Å². The Labute approximate surface area is 185 Å². The van der Waals surface area contributed by atoms with Crippen LogP contribution < -0.4 is 10.1 Å². The molecule has 0 saturated carbocycles. The highest BCUT2D eigenvalue weighted by molar-refractivity contribution is 6.04. The summed E-state index contributed by atoms with van der Waals surface area (Å²) in [5.74, 6) is 0.787. The molecule has 2 unspecified atom stereocenters. The van der Waals surface area contributed by atoms with Gasteiger partial charge in [0.2, 0.25) is 0 Å². The van der Waals surface area contributed by atoms with E-state index in [1.165, 1.54) is 0 Å². The molecule has 31 heavy (non-hydrogen) atoms. The van der Waals surface area contributed by atoms with Crippen LogP contribution in [0.3, 0.4) is 0 Å². The van der Waals surface area contributed by atoms with Gasteiger partial charge in [-0.2, -0.15) is 0 Å². The first kappa shape index (κ1) is 22.9. The predicted molar refractivity (Wildman–Crippen MR) is 125 cm³/mol. The van der Waals surface area contributed by atoms with E-state index in [0.29, 0.717) is 17.2 Å². The van der Waals surface area contributed by atoms with E-state index in [2.05, 4.69) is 19.2 Å². The summed E-state index contributed by atoms with van der Waals surface area (Å²) in [6, 6.07) is 15.1. The molecule has 2 atom stereocenters. The number of likely N-dealkylation sites (tertiary alicyclic amines) is 1. The van der Waals surface area contributed by atoms with Gasteiger partial charge < -0.3 is 15.0 Å². The van der Waals surface area contributed by atoms with Gasteiger partial charge >= 0.3 is 0 Å². The second-order valence-corrected chi connectivity index (χ2v) is 8.35. The SMILES string of the molecule is CCC(C)c1ccccc1OC(C)C(=O)Nc1ccccc1C(=O)N1CCCCCC1. The van der Waals surface area contributed by atoms with Crippen LogP contribution >= 0.6 is 0 Å². The lowest BCUT2D eigenvalue weighted by molar-refractivity contribution is -0.122. The fourth-order valence-corrected chi connectivity index (χ4v) is 3.92. The van der Waals surface area contributed by atoms with Gasteiger partial charge in [0.1, 0.15) is 5.75 Å². The van der Waals surface area contributed by atoms with Crippen molar-refractivity contribution in [2.75, 3.05) is 18.4 Å². The summed E-state index contributed by atoms with van der Waals surface area (Å²) < 4.78 is 6.03. The number of carbonyl (C=O) groups is 2. The average Bonchev–Trinajstić information content (AvgIpc) is 3.08. The van der Waals surface area contributed by atoms with Crippen molar-refractivity contribution in [1.29, 1.82) is 0 Å². The Balaban J connectivity index is 1.72. The van der Waals surface area contributed by atoms with Gasteiger partial charge in [-0.25, -0.2) is 0 Å². The molecule has 1 aliphatic rings. The third-order valence-corrected chi connectivity index (χ3v) is 6.04. The first-order chi connectivity index (χ1) is 15.0. The summed E-state index contributed by atoms with van der Waals surface area (Å²) in [6.45, 7) is 7.56. The molecule has 2 aromatic carbocycles. The zero-order chi connectivity index (χ0) is 22.2. The monoisotopic (exact) mass is 422 g/mol. The lowest BCUT2D eigenvalue weighted by atomic mass is 9.98. The van der Waals surface area contributed by atoms with Crippen LogP contribution in [0.5, 0.6) is 5.75 Å². The summed E-state index contributed by atoms with van der Waals surface area (Å²) in [6.07, 6.45) is 4.69. The highest BCUT2D eigenvalue weighted by atomic mass is 16.5. The Morgan fingerprint density at radius 2 is 1.61 bits per heavy atom. The number of carbonyl (C=O) groups excluding carboxylic acids is 2. The molecule has 3 rings (SSSR count). The molecule has 2 amide bonds. The van der Waals surface area contributed by atoms with Crippen molar-refractivity contribution in [1.82, 2.24) is 4.90 Å². The van der Waals surface area contributed by atoms with Crippen LogP contribution in [0, 0.1) is 0 Å². The second kappa shape index (κ2) is 11.0. The number of nitrogens with one attached hydrogen (secondary N) is 1. The van der Waals surface area contributed by atoms with Crippen LogP contribution in [0.25, 0.3) is 0 Å². The van der Waals surface area contributed by atoms with E-state index in [0.717, 1.165) is 56.5 Å². The minimum atomic E-state index is -0.688. The third-order valence-electron chi connectivity index (χ3n) is 6.04. The Hall–Kier alpha value is -2.82. The molecule has 2 aromatic rings. The van der Waals surface area contributed by atoms with Gasteiger partial charge in [0.25, 0.3) is 11.8 Å². The van der Waals surface area contributed by atoms with Crippen LogP contribution in [0.15, 0.2) is 48.5 Å². The summed E-state index contributed by atoms with van der Waals surface area (Å²) in [7, 11) is 0. The third kappa shape index (κ3) is 5.87. The largest absolute Gasteiger partial charge is 0.481 e. The highest BCUT2D eigenvalue weighted by Gasteiger charge is 2.23. The molecular formula is C26H34N2O3. The Morgan fingerprint density at radius 1 is 0.968 bits per heavy atom. The zero-order valence-corrected chi connectivity index (χ0v) is 18.9. The fourth-order valence-electron chi connectivity index (χ4n) is 3.92. The van der Waals surface area contributed by atoms with E-state index in [4.69, 9.17) is 4.74 Å². The number of amides is 2. The van der Waals surface area contributed by atoms with E-state index < -0.39 is 6.10 Å². The van der Waals surface area contributed by atoms with Crippen molar-refractivity contribution in [3.8, 4) is 5.75 Å². The van der Waals surface area contributed by atoms with Crippen molar-refractivity contribution in [3.05, 3.63) is 59.7 Å². The van der Waals surface area contributed by atoms with Crippen LogP contribution in [0.2, 0.25) is 0 Å². The molecule has 1 aliphatic heterocycles. The predicted octanol–water partition coefficient (Wildman–Crippen LogP) is 5.62. The molecule has 1 heterocycles. The number of hydrogen-bond acceptors (Lipinski definition) is 3. The molecule has 1 fully saturated rings. The van der Waals surface area contributed by atoms with Gasteiger partial charge in [-0.3, -0.25) is 9.59 Å². The molecule has 1 N–H and O–H groups in total. The van der Waals surface area contributed by atoms with Gasteiger partial charge in [-0.05, 0) is 55.9 Å². The van der Waals surface area contributed by atoms with E-state index in [1.54, 1.807) is 19.1 Å². The summed E-state index contributed by atoms with van der Waals surface area (Å²) in [5, 5.41) is 2.92. The summed E-state index contributed by atoms with van der Waals surface area (Å²) in [5.41, 5.74) is 2.17. The maximum absolute atomic E-state index is 13.1. The minimum Gasteiger partial charge on any atom is -0.481 e. The average molecular weight is 423 g/mol. The van der Waals surface area contributed by atoms with Crippen LogP contribution in [0.1, 0.15) is 74.7 Å². The lowest BCUT2D eigenvalue weighted by Gasteiger charge is -2.23. The van der Waals surface area contributed by atoms with Gasteiger partial charge in [0.05, 0.1) is 11.3 Å². The van der Waals surface area contributed by atoms with Gasteiger partial charge in [0.15, 0.2) is 6.10 Å². The normalized spacial score (nSPS) is 16.2. The molecule has 0 bridgehead atoms. The standard InChI is InChI=1S/C26H34N2O3/c1-4-19(2)21-13-8-10-16-24(21)31-20(3)25(29)27-23-15-9-7-14-22(23)26(30)28-17-11-5-6-12-18-28/h7-10,13-16,19-20H,4-6,11-12,17-18H2,1-3H3,(H,27,29). The molecular weight excluding hydrogens is 388 g/mol. The first-order valence-corrected chi connectivity index (χ1v) is 11.5. The number of nitrogens with zero attached hydrogens (tertiary/aromatic N) is 1. The van der Waals surface area contributed by atoms with E-state index >= 15 is 0 Å². The lowest BCUT2D eigenvalue weighted by Crippen LogP contribution is -2.34. The first-order valence-electron chi connectivity index (χ1n) is 11.5. The van der Waals surface area contributed by atoms with Gasteiger partial charge in [-0.15, -0.1) is 0 Å². The van der Waals surface area contributed by atoms with Gasteiger partial charge in [-0.1, -0.05) is 57.0 Å². The molecule has 0 radical (unpaired) electrons. The van der Waals surface area contributed by atoms with E-state index in [9.17, 15) is 9.59 Å². The quantitative estimate of drug-likeness (QED) is 0.630. The minimum absolute atomic E-state index is 0.0199. The van der Waals surface area contributed by atoms with Crippen LogP contribution in [-0.2, 0) is 4.79 Å². The summed E-state index contributed by atoms with van der Waals surface area (Å²) in [4.78, 5) is 27.9. The number of rotatable bonds is 7.